The molecule has 8 nitrogen and oxygen atoms in total. The van der Waals surface area contributed by atoms with Crippen LogP contribution >= 0.6 is 0 Å². The molecule has 1 aromatic carbocycles. The van der Waals surface area contributed by atoms with Crippen LogP contribution in [-0.4, -0.2) is 49.8 Å². The highest BCUT2D eigenvalue weighted by atomic mass is 19.1. The van der Waals surface area contributed by atoms with Crippen molar-refractivity contribution < 1.29 is 9.18 Å². The Labute approximate surface area is 205 Å². The summed E-state index contributed by atoms with van der Waals surface area (Å²) in [7, 11) is 1.85. The molecule has 1 saturated heterocycles. The summed E-state index contributed by atoms with van der Waals surface area (Å²) in [5, 5.41) is 12.3. The number of aryl methyl sites for hydroxylation is 1. The first-order valence-corrected chi connectivity index (χ1v) is 12.1. The third kappa shape index (κ3) is 3.30. The number of nitrogens with zero attached hydrogens (tertiary/aromatic N) is 4. The second kappa shape index (κ2) is 7.69. The minimum Gasteiger partial charge on any atom is -0.349 e. The van der Waals surface area contributed by atoms with E-state index in [1.807, 2.05) is 19.3 Å². The predicted molar refractivity (Wildman–Crippen MR) is 135 cm³/mol. The van der Waals surface area contributed by atoms with E-state index < -0.39 is 5.82 Å². The van der Waals surface area contributed by atoms with Gasteiger partial charge < -0.3 is 15.6 Å². The minimum absolute atomic E-state index is 0.0880. The van der Waals surface area contributed by atoms with Crippen molar-refractivity contribution in [3.05, 3.63) is 66.5 Å². The molecule has 3 N–H and O–H groups in total. The molecule has 5 heterocycles. The summed E-state index contributed by atoms with van der Waals surface area (Å²) in [6.07, 6.45) is 8.74. The van der Waals surface area contributed by atoms with Gasteiger partial charge in [0.05, 0.1) is 29.8 Å². The molecule has 5 aromatic rings. The lowest BCUT2D eigenvalue weighted by Gasteiger charge is -2.10. The Morgan fingerprint density at radius 3 is 2.78 bits per heavy atom. The number of amides is 1. The molecule has 36 heavy (non-hydrogen) atoms. The van der Waals surface area contributed by atoms with Crippen molar-refractivity contribution in [3.8, 4) is 22.4 Å². The number of benzene rings is 1. The van der Waals surface area contributed by atoms with Gasteiger partial charge in [-0.2, -0.15) is 5.10 Å². The van der Waals surface area contributed by atoms with Crippen LogP contribution in [0.1, 0.15) is 23.2 Å². The molecule has 2 fully saturated rings. The first-order valence-electron chi connectivity index (χ1n) is 12.1. The topological polar surface area (TPSA) is 101 Å². The third-order valence-corrected chi connectivity index (χ3v) is 7.67. The molecule has 1 spiro atoms. The van der Waals surface area contributed by atoms with Crippen LogP contribution in [0.15, 0.2) is 55.1 Å². The van der Waals surface area contributed by atoms with Gasteiger partial charge in [0.25, 0.3) is 5.91 Å². The van der Waals surface area contributed by atoms with Gasteiger partial charge in [-0.25, -0.2) is 9.37 Å². The Morgan fingerprint density at radius 1 is 1.17 bits per heavy atom. The highest BCUT2D eigenvalue weighted by molar-refractivity contribution is 6.13. The molecule has 0 bridgehead atoms. The van der Waals surface area contributed by atoms with E-state index in [1.54, 1.807) is 41.3 Å². The Morgan fingerprint density at radius 2 is 2.03 bits per heavy atom. The summed E-state index contributed by atoms with van der Waals surface area (Å²) < 4.78 is 17.0. The van der Waals surface area contributed by atoms with E-state index in [0.29, 0.717) is 27.7 Å². The molecule has 2 atom stereocenters. The van der Waals surface area contributed by atoms with Crippen LogP contribution in [0.25, 0.3) is 44.3 Å². The highest BCUT2D eigenvalue weighted by Crippen LogP contribution is 2.50. The second-order valence-electron chi connectivity index (χ2n) is 9.94. The average Bonchev–Trinajstić information content (AvgIpc) is 3.28. The molecule has 7 rings (SSSR count). The van der Waals surface area contributed by atoms with Crippen molar-refractivity contribution in [2.75, 3.05) is 13.1 Å². The fourth-order valence-electron chi connectivity index (χ4n) is 5.54. The number of aromatic amines is 1. The van der Waals surface area contributed by atoms with E-state index in [4.69, 9.17) is 0 Å². The Kier molecular flexibility index (Phi) is 4.53. The molecule has 1 aliphatic heterocycles. The summed E-state index contributed by atoms with van der Waals surface area (Å²) in [6, 6.07) is 9.28. The van der Waals surface area contributed by atoms with E-state index in [0.717, 1.165) is 48.1 Å². The summed E-state index contributed by atoms with van der Waals surface area (Å²) in [5.74, 6) is -0.510. The number of carbonyl (C=O) groups is 1. The van der Waals surface area contributed by atoms with Crippen LogP contribution in [0.2, 0.25) is 0 Å². The van der Waals surface area contributed by atoms with E-state index in [1.165, 1.54) is 6.20 Å². The lowest BCUT2D eigenvalue weighted by Crippen LogP contribution is -2.30. The van der Waals surface area contributed by atoms with Crippen LogP contribution in [0, 0.1) is 11.2 Å². The van der Waals surface area contributed by atoms with E-state index in [2.05, 4.69) is 30.7 Å². The summed E-state index contributed by atoms with van der Waals surface area (Å²) >= 11 is 0. The van der Waals surface area contributed by atoms with Crippen LogP contribution in [0.3, 0.4) is 0 Å². The van der Waals surface area contributed by atoms with Crippen molar-refractivity contribution in [1.82, 2.24) is 35.4 Å². The van der Waals surface area contributed by atoms with Gasteiger partial charge in [0, 0.05) is 58.7 Å². The normalized spacial score (nSPS) is 21.0. The van der Waals surface area contributed by atoms with Crippen LogP contribution < -0.4 is 10.6 Å². The second-order valence-corrected chi connectivity index (χ2v) is 9.94. The SMILES string of the molecule is Cn1cc(-c2cc3c(cn2)[nH]c2ncc(F)c(-c4ccc(C(=O)N[C@H]5C[C@]56CCNC6)cc4)c23)cn1. The first-order chi connectivity index (χ1) is 17.5. The molecule has 9 heteroatoms. The van der Waals surface area contributed by atoms with Crippen LogP contribution in [0.4, 0.5) is 4.39 Å². The number of rotatable bonds is 4. The quantitative estimate of drug-likeness (QED) is 0.363. The van der Waals surface area contributed by atoms with Crippen molar-refractivity contribution in [3.63, 3.8) is 0 Å². The van der Waals surface area contributed by atoms with Gasteiger partial charge in [0.15, 0.2) is 0 Å². The van der Waals surface area contributed by atoms with Gasteiger partial charge >= 0.3 is 0 Å². The number of hydrogen-bond acceptors (Lipinski definition) is 5. The summed E-state index contributed by atoms with van der Waals surface area (Å²) in [6.45, 7) is 1.98. The molecule has 4 aromatic heterocycles. The maximum Gasteiger partial charge on any atom is 0.251 e. The number of carbonyl (C=O) groups excluding carboxylic acids is 1. The largest absolute Gasteiger partial charge is 0.349 e. The molecule has 0 radical (unpaired) electrons. The van der Waals surface area contributed by atoms with Crippen molar-refractivity contribution in [1.29, 1.82) is 0 Å². The lowest BCUT2D eigenvalue weighted by molar-refractivity contribution is 0.0945. The van der Waals surface area contributed by atoms with E-state index in [-0.39, 0.29) is 17.4 Å². The molecule has 180 valence electrons. The molecule has 1 aliphatic carbocycles. The fourth-order valence-corrected chi connectivity index (χ4v) is 5.54. The Balaban J connectivity index is 1.25. The maximum absolute atomic E-state index is 15.3. The predicted octanol–water partition coefficient (Wildman–Crippen LogP) is 3.80. The minimum atomic E-state index is -0.422. The van der Waals surface area contributed by atoms with Crippen LogP contribution in [-0.2, 0) is 7.05 Å². The zero-order valence-electron chi connectivity index (χ0n) is 19.7. The molecule has 1 saturated carbocycles. The van der Waals surface area contributed by atoms with Gasteiger partial charge in [0.2, 0.25) is 0 Å². The molecular formula is C27H24FN7O. The fraction of sp³-hybridized carbons (Fsp3) is 0.259. The summed E-state index contributed by atoms with van der Waals surface area (Å²) in [5.41, 5.74) is 4.90. The number of pyridine rings is 2. The molecular weight excluding hydrogens is 457 g/mol. The number of nitrogens with one attached hydrogen (secondary N) is 3. The first kappa shape index (κ1) is 21.2. The van der Waals surface area contributed by atoms with Gasteiger partial charge in [-0.05, 0) is 43.1 Å². The van der Waals surface area contributed by atoms with Crippen molar-refractivity contribution in [2.45, 2.75) is 18.9 Å². The van der Waals surface area contributed by atoms with E-state index >= 15 is 4.39 Å². The van der Waals surface area contributed by atoms with Gasteiger partial charge in [-0.1, -0.05) is 12.1 Å². The van der Waals surface area contributed by atoms with E-state index in [9.17, 15) is 4.79 Å². The number of hydrogen-bond donors (Lipinski definition) is 3. The molecule has 2 aliphatic rings. The van der Waals surface area contributed by atoms with Crippen LogP contribution in [0.5, 0.6) is 0 Å². The standard InChI is InChI=1S/C27H24FN7O/c1-35-13-17(10-32-35)20-8-18-21(12-30-20)33-25-24(18)23(19(28)11-31-25)15-2-4-16(5-3-15)26(36)34-22-9-27(22)6-7-29-14-27/h2-5,8,10-13,22,29H,6-7,9,14H2,1H3,(H,31,33)(H,34,36)/t22-,27-/m0/s1. The summed E-state index contributed by atoms with van der Waals surface area (Å²) in [4.78, 5) is 24.9. The zero-order chi connectivity index (χ0) is 24.4. The Hall–Kier alpha value is -4.11. The van der Waals surface area contributed by atoms with Gasteiger partial charge in [-0.3, -0.25) is 14.5 Å². The number of halogens is 1. The maximum atomic E-state index is 15.3. The monoisotopic (exact) mass is 481 g/mol. The number of fused-ring (bicyclic) bond motifs is 3. The third-order valence-electron chi connectivity index (χ3n) is 7.67. The van der Waals surface area contributed by atoms with Crippen molar-refractivity contribution >= 4 is 27.8 Å². The average molecular weight is 482 g/mol. The molecule has 1 amide bonds. The lowest BCUT2D eigenvalue weighted by atomic mass is 9.99. The van der Waals surface area contributed by atoms with Gasteiger partial charge in [0.1, 0.15) is 11.5 Å². The van der Waals surface area contributed by atoms with Gasteiger partial charge in [-0.15, -0.1) is 0 Å². The Bertz CT molecular complexity index is 1650. The zero-order valence-corrected chi connectivity index (χ0v) is 19.7. The molecule has 0 unspecified atom stereocenters. The van der Waals surface area contributed by atoms with Crippen molar-refractivity contribution in [2.24, 2.45) is 12.5 Å². The smallest absolute Gasteiger partial charge is 0.251 e. The number of H-pyrrole nitrogens is 1. The number of aromatic nitrogens is 5. The highest BCUT2D eigenvalue weighted by Gasteiger charge is 2.56.